The maximum Gasteiger partial charge on any atom is 0.308 e. The number of rotatable bonds is 0. The van der Waals surface area contributed by atoms with Crippen LogP contribution in [0.25, 0.3) is 0 Å². The van der Waals surface area contributed by atoms with E-state index in [4.69, 9.17) is 10.2 Å². The standard InChI is InChI=1S/C5H10FNO.C5H10O2/c6-4-3-7-2-1-5(4)8;1-5(2,3)4(6)7/h4-5,7-8H,1-3H2;1-3H3,(H,6,7). The van der Waals surface area contributed by atoms with Crippen LogP contribution < -0.4 is 5.32 Å². The molecule has 1 aliphatic heterocycles. The van der Waals surface area contributed by atoms with E-state index in [0.717, 1.165) is 6.54 Å². The highest BCUT2D eigenvalue weighted by Crippen LogP contribution is 2.11. The smallest absolute Gasteiger partial charge is 0.308 e. The van der Waals surface area contributed by atoms with Crippen LogP contribution in [0.5, 0.6) is 0 Å². The number of aliphatic carboxylic acids is 1. The fraction of sp³-hybridized carbons (Fsp3) is 0.900. The molecule has 0 bridgehead atoms. The SMILES string of the molecule is CC(C)(C)C(=O)O.OC1CCNCC1F. The fourth-order valence-electron chi connectivity index (χ4n) is 0.807. The number of hydrogen-bond donors (Lipinski definition) is 3. The third-order valence-electron chi connectivity index (χ3n) is 2.02. The molecular formula is C10H20FNO3. The molecule has 1 aliphatic rings. The number of carboxylic acid groups (broad SMARTS) is 1. The number of aliphatic hydroxyl groups is 1. The van der Waals surface area contributed by atoms with Gasteiger partial charge < -0.3 is 15.5 Å². The number of halogens is 1. The van der Waals surface area contributed by atoms with Crippen LogP contribution in [0.15, 0.2) is 0 Å². The minimum Gasteiger partial charge on any atom is -0.481 e. The average molecular weight is 221 g/mol. The van der Waals surface area contributed by atoms with Crippen molar-refractivity contribution in [2.24, 2.45) is 5.41 Å². The van der Waals surface area contributed by atoms with E-state index in [0.29, 0.717) is 13.0 Å². The van der Waals surface area contributed by atoms with E-state index < -0.39 is 23.7 Å². The summed E-state index contributed by atoms with van der Waals surface area (Å²) in [5, 5.41) is 19.8. The maximum atomic E-state index is 12.3. The van der Waals surface area contributed by atoms with Crippen molar-refractivity contribution >= 4 is 5.97 Å². The molecule has 90 valence electrons. The van der Waals surface area contributed by atoms with Crippen molar-refractivity contribution < 1.29 is 19.4 Å². The summed E-state index contributed by atoms with van der Waals surface area (Å²) < 4.78 is 12.3. The van der Waals surface area contributed by atoms with Gasteiger partial charge in [-0.3, -0.25) is 4.79 Å². The summed E-state index contributed by atoms with van der Waals surface area (Å²) in [6.07, 6.45) is -1.23. The summed E-state index contributed by atoms with van der Waals surface area (Å²) in [4.78, 5) is 10.0. The molecule has 0 aliphatic carbocycles. The minimum absolute atomic E-state index is 0.307. The summed E-state index contributed by atoms with van der Waals surface area (Å²) in [6.45, 7) is 6.03. The predicted molar refractivity (Wildman–Crippen MR) is 55.5 cm³/mol. The van der Waals surface area contributed by atoms with Crippen LogP contribution in [0.3, 0.4) is 0 Å². The fourth-order valence-corrected chi connectivity index (χ4v) is 0.807. The molecular weight excluding hydrogens is 201 g/mol. The van der Waals surface area contributed by atoms with Crippen molar-refractivity contribution in [3.05, 3.63) is 0 Å². The molecule has 2 atom stereocenters. The van der Waals surface area contributed by atoms with Crippen LogP contribution in [0.4, 0.5) is 4.39 Å². The van der Waals surface area contributed by atoms with Gasteiger partial charge in [-0.05, 0) is 33.7 Å². The zero-order chi connectivity index (χ0) is 12.1. The lowest BCUT2D eigenvalue weighted by Gasteiger charge is -2.21. The molecule has 1 rings (SSSR count). The second-order valence-corrected chi connectivity index (χ2v) is 4.63. The van der Waals surface area contributed by atoms with Gasteiger partial charge >= 0.3 is 5.97 Å². The highest BCUT2D eigenvalue weighted by atomic mass is 19.1. The number of carbonyl (C=O) groups is 1. The highest BCUT2D eigenvalue weighted by Gasteiger charge is 2.21. The van der Waals surface area contributed by atoms with Gasteiger partial charge in [0.2, 0.25) is 0 Å². The van der Waals surface area contributed by atoms with Crippen molar-refractivity contribution in [2.75, 3.05) is 13.1 Å². The Labute approximate surface area is 89.5 Å². The molecule has 2 unspecified atom stereocenters. The van der Waals surface area contributed by atoms with Gasteiger partial charge in [-0.2, -0.15) is 0 Å². The van der Waals surface area contributed by atoms with Crippen molar-refractivity contribution in [2.45, 2.75) is 39.5 Å². The summed E-state index contributed by atoms with van der Waals surface area (Å²) >= 11 is 0. The molecule has 0 spiro atoms. The average Bonchev–Trinajstić information content (AvgIpc) is 2.09. The molecule has 0 saturated carbocycles. The Morgan fingerprint density at radius 2 is 1.93 bits per heavy atom. The minimum atomic E-state index is -1.05. The summed E-state index contributed by atoms with van der Waals surface area (Å²) in [5.41, 5.74) is -0.583. The number of hydrogen-bond acceptors (Lipinski definition) is 3. The lowest BCUT2D eigenvalue weighted by Crippen LogP contribution is -2.41. The van der Waals surface area contributed by atoms with Crippen LogP contribution >= 0.6 is 0 Å². The Morgan fingerprint density at radius 3 is 2.13 bits per heavy atom. The van der Waals surface area contributed by atoms with E-state index >= 15 is 0 Å². The van der Waals surface area contributed by atoms with Gasteiger partial charge in [0, 0.05) is 6.54 Å². The number of aliphatic hydroxyl groups excluding tert-OH is 1. The predicted octanol–water partition coefficient (Wildman–Crippen LogP) is 0.796. The van der Waals surface area contributed by atoms with Gasteiger partial charge in [0.1, 0.15) is 6.17 Å². The molecule has 5 heteroatoms. The van der Waals surface area contributed by atoms with Crippen LogP contribution in [0, 0.1) is 5.41 Å². The highest BCUT2D eigenvalue weighted by molar-refractivity contribution is 5.72. The van der Waals surface area contributed by atoms with E-state index in [1.165, 1.54) is 0 Å². The Hall–Kier alpha value is -0.680. The molecule has 3 N–H and O–H groups in total. The largest absolute Gasteiger partial charge is 0.481 e. The third kappa shape index (κ3) is 6.41. The summed E-state index contributed by atoms with van der Waals surface area (Å²) in [5.74, 6) is -0.757. The van der Waals surface area contributed by atoms with E-state index in [2.05, 4.69) is 5.32 Å². The normalized spacial score (nSPS) is 26.5. The van der Waals surface area contributed by atoms with Gasteiger partial charge in [0.25, 0.3) is 0 Å². The quantitative estimate of drug-likeness (QED) is 0.566. The molecule has 0 aromatic heterocycles. The molecule has 0 radical (unpaired) electrons. The molecule has 0 amide bonds. The monoisotopic (exact) mass is 221 g/mol. The maximum absolute atomic E-state index is 12.3. The van der Waals surface area contributed by atoms with Gasteiger partial charge in [0.05, 0.1) is 11.5 Å². The summed E-state index contributed by atoms with van der Waals surface area (Å²) in [7, 11) is 0. The van der Waals surface area contributed by atoms with Crippen molar-refractivity contribution in [3.63, 3.8) is 0 Å². The van der Waals surface area contributed by atoms with Crippen LogP contribution in [-0.2, 0) is 4.79 Å². The van der Waals surface area contributed by atoms with E-state index in [9.17, 15) is 9.18 Å². The van der Waals surface area contributed by atoms with Crippen molar-refractivity contribution in [1.29, 1.82) is 0 Å². The lowest BCUT2D eigenvalue weighted by molar-refractivity contribution is -0.145. The topological polar surface area (TPSA) is 69.6 Å². The lowest BCUT2D eigenvalue weighted by atomic mass is 9.98. The molecule has 1 heterocycles. The van der Waals surface area contributed by atoms with Crippen LogP contribution in [0.1, 0.15) is 27.2 Å². The van der Waals surface area contributed by atoms with Gasteiger partial charge in [-0.15, -0.1) is 0 Å². The van der Waals surface area contributed by atoms with E-state index in [1.807, 2.05) is 0 Å². The Balaban J connectivity index is 0.000000265. The number of piperidine rings is 1. The summed E-state index contributed by atoms with van der Waals surface area (Å²) in [6, 6.07) is 0. The Bertz CT molecular complexity index is 193. The first kappa shape index (κ1) is 14.3. The van der Waals surface area contributed by atoms with Crippen molar-refractivity contribution in [1.82, 2.24) is 5.32 Å². The first-order valence-electron chi connectivity index (χ1n) is 5.01. The Kier molecular flexibility index (Phi) is 5.75. The molecule has 15 heavy (non-hydrogen) atoms. The van der Waals surface area contributed by atoms with Crippen LogP contribution in [-0.4, -0.2) is 41.5 Å². The third-order valence-corrected chi connectivity index (χ3v) is 2.02. The number of alkyl halides is 1. The zero-order valence-corrected chi connectivity index (χ0v) is 9.46. The molecule has 4 nitrogen and oxygen atoms in total. The van der Waals surface area contributed by atoms with Gasteiger partial charge in [-0.1, -0.05) is 0 Å². The van der Waals surface area contributed by atoms with Gasteiger partial charge in [-0.25, -0.2) is 4.39 Å². The Morgan fingerprint density at radius 1 is 1.47 bits per heavy atom. The molecule has 0 aromatic carbocycles. The number of nitrogens with one attached hydrogen (secondary N) is 1. The first-order valence-corrected chi connectivity index (χ1v) is 5.01. The molecule has 0 aromatic rings. The first-order chi connectivity index (χ1) is 6.75. The van der Waals surface area contributed by atoms with Gasteiger partial charge in [0.15, 0.2) is 0 Å². The number of carboxylic acids is 1. The zero-order valence-electron chi connectivity index (χ0n) is 9.46. The van der Waals surface area contributed by atoms with E-state index in [1.54, 1.807) is 20.8 Å². The molecule has 1 saturated heterocycles. The van der Waals surface area contributed by atoms with E-state index in [-0.39, 0.29) is 0 Å². The van der Waals surface area contributed by atoms with Crippen LogP contribution in [0.2, 0.25) is 0 Å². The molecule has 1 fully saturated rings. The second kappa shape index (κ2) is 6.02. The van der Waals surface area contributed by atoms with Crippen molar-refractivity contribution in [3.8, 4) is 0 Å². The second-order valence-electron chi connectivity index (χ2n) is 4.63.